The largest absolute Gasteiger partial charge is 0.497 e. The number of ether oxygens (including phenoxy) is 1. The highest BCUT2D eigenvalue weighted by molar-refractivity contribution is 7.25. The van der Waals surface area contributed by atoms with Gasteiger partial charge in [-0.2, -0.15) is 0 Å². The zero-order valence-electron chi connectivity index (χ0n) is 15.4. The lowest BCUT2D eigenvalue weighted by Crippen LogP contribution is -2.10. The van der Waals surface area contributed by atoms with Crippen LogP contribution in [0.5, 0.6) is 5.75 Å². The second-order valence-corrected chi connectivity index (χ2v) is 9.02. The Bertz CT molecular complexity index is 1300. The second-order valence-electron chi connectivity index (χ2n) is 7.97. The number of rotatable bonds is 1. The molecule has 0 bridgehead atoms. The van der Waals surface area contributed by atoms with E-state index in [1.807, 2.05) is 17.4 Å². The second kappa shape index (κ2) is 5.24. The van der Waals surface area contributed by atoms with E-state index >= 15 is 0 Å². The molecule has 0 fully saturated rings. The van der Waals surface area contributed by atoms with Crippen molar-refractivity contribution in [2.45, 2.75) is 26.2 Å². The summed E-state index contributed by atoms with van der Waals surface area (Å²) in [6.07, 6.45) is 0. The quantitative estimate of drug-likeness (QED) is 0.342. The Labute approximate surface area is 156 Å². The highest BCUT2D eigenvalue weighted by Gasteiger charge is 2.18. The fourth-order valence-electron chi connectivity index (χ4n) is 3.82. The van der Waals surface area contributed by atoms with Gasteiger partial charge < -0.3 is 9.72 Å². The molecule has 26 heavy (non-hydrogen) atoms. The maximum Gasteiger partial charge on any atom is 0.119 e. The van der Waals surface area contributed by atoms with Gasteiger partial charge in [0.2, 0.25) is 0 Å². The molecule has 0 saturated carbocycles. The van der Waals surface area contributed by atoms with Crippen LogP contribution >= 0.6 is 11.3 Å². The van der Waals surface area contributed by atoms with Crippen LogP contribution in [0.3, 0.4) is 0 Å². The molecular weight excluding hydrogens is 338 g/mol. The predicted octanol–water partition coefficient (Wildman–Crippen LogP) is 7.00. The van der Waals surface area contributed by atoms with E-state index in [2.05, 4.69) is 68.2 Å². The van der Waals surface area contributed by atoms with Crippen LogP contribution in [0.1, 0.15) is 26.3 Å². The van der Waals surface area contributed by atoms with Gasteiger partial charge in [0.05, 0.1) is 7.11 Å². The molecule has 0 atom stereocenters. The average Bonchev–Trinajstić information content (AvgIpc) is 3.15. The molecule has 0 aliphatic rings. The van der Waals surface area contributed by atoms with E-state index < -0.39 is 0 Å². The molecule has 5 rings (SSSR count). The van der Waals surface area contributed by atoms with Crippen molar-refractivity contribution < 1.29 is 4.74 Å². The average molecular weight is 359 g/mol. The summed E-state index contributed by atoms with van der Waals surface area (Å²) in [7, 11) is 1.73. The first-order chi connectivity index (χ1) is 12.5. The third-order valence-corrected chi connectivity index (χ3v) is 6.37. The monoisotopic (exact) mass is 359 g/mol. The van der Waals surface area contributed by atoms with Crippen LogP contribution in [0.15, 0.2) is 48.5 Å². The Morgan fingerprint density at radius 2 is 1.69 bits per heavy atom. The van der Waals surface area contributed by atoms with Gasteiger partial charge in [-0.05, 0) is 52.1 Å². The zero-order chi connectivity index (χ0) is 18.1. The van der Waals surface area contributed by atoms with Crippen molar-refractivity contribution in [2.24, 2.45) is 0 Å². The molecule has 2 nitrogen and oxygen atoms in total. The molecule has 0 saturated heterocycles. The third-order valence-electron chi connectivity index (χ3n) is 5.28. The van der Waals surface area contributed by atoms with Crippen LogP contribution in [0.2, 0.25) is 0 Å². The number of thiophene rings is 1. The van der Waals surface area contributed by atoms with E-state index in [1.165, 1.54) is 47.5 Å². The van der Waals surface area contributed by atoms with Crippen LogP contribution in [0.25, 0.3) is 42.0 Å². The molecule has 0 spiro atoms. The first-order valence-electron chi connectivity index (χ1n) is 8.91. The highest BCUT2D eigenvalue weighted by atomic mass is 32.1. The fourth-order valence-corrected chi connectivity index (χ4v) is 4.92. The van der Waals surface area contributed by atoms with Crippen LogP contribution in [0, 0.1) is 0 Å². The Morgan fingerprint density at radius 1 is 0.885 bits per heavy atom. The van der Waals surface area contributed by atoms with Crippen LogP contribution in [-0.4, -0.2) is 12.1 Å². The normalized spacial score (nSPS) is 12.6. The molecule has 0 amide bonds. The number of H-pyrrole nitrogens is 1. The molecule has 3 heteroatoms. The molecule has 1 N–H and O–H groups in total. The maximum absolute atomic E-state index is 5.49. The molecule has 130 valence electrons. The summed E-state index contributed by atoms with van der Waals surface area (Å²) in [5, 5.41) is 6.47. The van der Waals surface area contributed by atoms with Gasteiger partial charge >= 0.3 is 0 Å². The van der Waals surface area contributed by atoms with E-state index in [4.69, 9.17) is 4.74 Å². The fraction of sp³-hybridized carbons (Fsp3) is 0.217. The molecule has 0 radical (unpaired) electrons. The number of aromatic nitrogens is 1. The SMILES string of the molecule is COc1ccc2ccc3[nH]c4sc5ccc(C(C)(C)C)cc5c4c3c2c1. The number of nitrogens with one attached hydrogen (secondary N) is 1. The van der Waals surface area contributed by atoms with Crippen molar-refractivity contribution in [1.29, 1.82) is 0 Å². The summed E-state index contributed by atoms with van der Waals surface area (Å²) >= 11 is 1.84. The van der Waals surface area contributed by atoms with Crippen molar-refractivity contribution >= 4 is 53.3 Å². The van der Waals surface area contributed by atoms with Crippen molar-refractivity contribution in [2.75, 3.05) is 7.11 Å². The first kappa shape index (κ1) is 15.7. The Kier molecular flexibility index (Phi) is 3.17. The number of hydrogen-bond acceptors (Lipinski definition) is 2. The van der Waals surface area contributed by atoms with E-state index in [0.29, 0.717) is 0 Å². The molecule has 2 aromatic heterocycles. The van der Waals surface area contributed by atoms with Gasteiger partial charge in [0.25, 0.3) is 0 Å². The lowest BCUT2D eigenvalue weighted by molar-refractivity contribution is 0.415. The molecule has 0 unspecified atom stereocenters. The van der Waals surface area contributed by atoms with E-state index in [-0.39, 0.29) is 5.41 Å². The number of fused-ring (bicyclic) bond motifs is 7. The number of aromatic amines is 1. The molecular formula is C23H21NOS. The summed E-state index contributed by atoms with van der Waals surface area (Å²) in [5.41, 5.74) is 2.70. The first-order valence-corrected chi connectivity index (χ1v) is 9.72. The van der Waals surface area contributed by atoms with Crippen molar-refractivity contribution in [1.82, 2.24) is 4.98 Å². The highest BCUT2D eigenvalue weighted by Crippen LogP contribution is 2.43. The standard InChI is InChI=1S/C23H21NOS/c1-23(2,3)14-7-10-19-17(11-14)21-20-16-12-15(25-4)8-5-13(16)6-9-18(20)24-22(21)26-19/h5-12,24H,1-4H3. The summed E-state index contributed by atoms with van der Waals surface area (Å²) in [4.78, 5) is 4.88. The van der Waals surface area contributed by atoms with Gasteiger partial charge in [-0.15, -0.1) is 11.3 Å². The summed E-state index contributed by atoms with van der Waals surface area (Å²) in [5.74, 6) is 0.897. The van der Waals surface area contributed by atoms with E-state index in [0.717, 1.165) is 5.75 Å². The zero-order valence-corrected chi connectivity index (χ0v) is 16.3. The van der Waals surface area contributed by atoms with Crippen molar-refractivity contribution in [3.8, 4) is 5.75 Å². The lowest BCUT2D eigenvalue weighted by atomic mass is 9.86. The molecule has 0 aliphatic heterocycles. The minimum atomic E-state index is 0.139. The summed E-state index contributed by atoms with van der Waals surface area (Å²) < 4.78 is 6.82. The Hall–Kier alpha value is -2.52. The predicted molar refractivity (Wildman–Crippen MR) is 114 cm³/mol. The Balaban J connectivity index is 1.98. The van der Waals surface area contributed by atoms with E-state index in [9.17, 15) is 0 Å². The third kappa shape index (κ3) is 2.17. The van der Waals surface area contributed by atoms with Crippen molar-refractivity contribution in [3.05, 3.63) is 54.1 Å². The van der Waals surface area contributed by atoms with Crippen LogP contribution in [0.4, 0.5) is 0 Å². The van der Waals surface area contributed by atoms with Crippen molar-refractivity contribution in [3.63, 3.8) is 0 Å². The number of hydrogen-bond donors (Lipinski definition) is 1. The van der Waals surface area contributed by atoms with Gasteiger partial charge in [-0.3, -0.25) is 0 Å². The topological polar surface area (TPSA) is 25.0 Å². The van der Waals surface area contributed by atoms with Gasteiger partial charge in [0.1, 0.15) is 10.6 Å². The minimum absolute atomic E-state index is 0.139. The van der Waals surface area contributed by atoms with Gasteiger partial charge in [0, 0.05) is 26.4 Å². The molecule has 0 aliphatic carbocycles. The number of benzene rings is 3. The van der Waals surface area contributed by atoms with E-state index in [1.54, 1.807) is 7.11 Å². The van der Waals surface area contributed by atoms with Crippen LogP contribution < -0.4 is 4.74 Å². The molecule has 3 aromatic carbocycles. The molecule has 2 heterocycles. The molecule has 5 aromatic rings. The smallest absolute Gasteiger partial charge is 0.119 e. The maximum atomic E-state index is 5.49. The van der Waals surface area contributed by atoms with Crippen LogP contribution in [-0.2, 0) is 5.41 Å². The van der Waals surface area contributed by atoms with Gasteiger partial charge in [0.15, 0.2) is 0 Å². The summed E-state index contributed by atoms with van der Waals surface area (Å²) in [6.45, 7) is 6.81. The number of methoxy groups -OCH3 is 1. The van der Waals surface area contributed by atoms with Gasteiger partial charge in [-0.25, -0.2) is 0 Å². The Morgan fingerprint density at radius 3 is 2.46 bits per heavy atom. The summed E-state index contributed by atoms with van der Waals surface area (Å²) in [6, 6.07) is 17.6. The lowest BCUT2D eigenvalue weighted by Gasteiger charge is -2.18. The van der Waals surface area contributed by atoms with Gasteiger partial charge in [-0.1, -0.05) is 39.0 Å². The minimum Gasteiger partial charge on any atom is -0.497 e.